The van der Waals surface area contributed by atoms with Gasteiger partial charge in [0.15, 0.2) is 5.76 Å². The lowest BCUT2D eigenvalue weighted by molar-refractivity contribution is -0.200. The fraction of sp³-hybridized carbons (Fsp3) is 0.150. The zero-order valence-electron chi connectivity index (χ0n) is 13.4. The minimum Gasteiger partial charge on any atom is -0.506 e. The Bertz CT molecular complexity index is 720. The Morgan fingerprint density at radius 1 is 1.04 bits per heavy atom. The summed E-state index contributed by atoms with van der Waals surface area (Å²) in [6.45, 7) is 1.18. The molecule has 4 nitrogen and oxygen atoms in total. The van der Waals surface area contributed by atoms with Gasteiger partial charge in [0.25, 0.3) is 5.79 Å². The first-order valence-electron chi connectivity index (χ1n) is 7.59. The van der Waals surface area contributed by atoms with Crippen molar-refractivity contribution >= 4 is 18.1 Å². The fourth-order valence-electron chi connectivity index (χ4n) is 2.18. The predicted octanol–water partition coefficient (Wildman–Crippen LogP) is 3.94. The maximum Gasteiger partial charge on any atom is 0.305 e. The summed E-state index contributed by atoms with van der Waals surface area (Å²) in [6.07, 6.45) is 4.73. The van der Waals surface area contributed by atoms with Gasteiger partial charge in [0.1, 0.15) is 0 Å². The monoisotopic (exact) mass is 324 g/mol. The van der Waals surface area contributed by atoms with Crippen molar-refractivity contribution in [3.63, 3.8) is 0 Å². The van der Waals surface area contributed by atoms with E-state index in [-0.39, 0.29) is 6.42 Å². The first kappa shape index (κ1) is 17.5. The van der Waals surface area contributed by atoms with Crippen LogP contribution in [0.2, 0.25) is 0 Å². The largest absolute Gasteiger partial charge is 0.506 e. The van der Waals surface area contributed by atoms with Crippen LogP contribution >= 0.6 is 0 Å². The Morgan fingerprint density at radius 2 is 1.58 bits per heavy atom. The van der Waals surface area contributed by atoms with Gasteiger partial charge in [-0.05, 0) is 17.2 Å². The molecule has 0 bridgehead atoms. The number of carbonyl (C=O) groups is 1. The molecular formula is C20H20O4. The van der Waals surface area contributed by atoms with Crippen molar-refractivity contribution in [2.75, 3.05) is 0 Å². The molecule has 0 saturated heterocycles. The maximum atomic E-state index is 11.3. The molecule has 2 aromatic rings. The third-order valence-corrected chi connectivity index (χ3v) is 3.32. The number of esters is 1. The molecule has 1 unspecified atom stereocenters. The van der Waals surface area contributed by atoms with Crippen LogP contribution in [0.15, 0.2) is 72.5 Å². The van der Waals surface area contributed by atoms with Gasteiger partial charge in [0.2, 0.25) is 0 Å². The number of ether oxygens (including phenoxy) is 1. The summed E-state index contributed by atoms with van der Waals surface area (Å²) in [5.74, 6) is -3.22. The average Bonchev–Trinajstić information content (AvgIpc) is 2.56. The van der Waals surface area contributed by atoms with Crippen LogP contribution in [0.3, 0.4) is 0 Å². The molecule has 0 aliphatic carbocycles. The molecule has 0 amide bonds. The number of aliphatic hydroxyl groups is 2. The Balaban J connectivity index is 2.20. The standard InChI is InChI=1S/C20H20O4/c1-16(21)24-20(23,14-8-13-17-9-4-2-5-10-17)19(22)15-18-11-6-3-7-12-18/h2-13,15,22-23H,14H2,1H3. The van der Waals surface area contributed by atoms with Crippen LogP contribution in [0.4, 0.5) is 0 Å². The molecule has 2 rings (SSSR count). The van der Waals surface area contributed by atoms with Gasteiger partial charge in [-0.3, -0.25) is 4.79 Å². The lowest BCUT2D eigenvalue weighted by Gasteiger charge is -2.25. The first-order valence-corrected chi connectivity index (χ1v) is 7.59. The highest BCUT2D eigenvalue weighted by atomic mass is 16.7. The van der Waals surface area contributed by atoms with Gasteiger partial charge < -0.3 is 14.9 Å². The van der Waals surface area contributed by atoms with Gasteiger partial charge in [0, 0.05) is 13.3 Å². The van der Waals surface area contributed by atoms with E-state index in [1.807, 2.05) is 36.4 Å². The molecule has 124 valence electrons. The molecule has 2 N–H and O–H groups in total. The smallest absolute Gasteiger partial charge is 0.305 e. The normalized spacial score (nSPS) is 14.3. The van der Waals surface area contributed by atoms with Crippen LogP contribution in [-0.4, -0.2) is 22.0 Å². The Labute approximate surface area is 141 Å². The van der Waals surface area contributed by atoms with Crippen molar-refractivity contribution in [3.05, 3.63) is 83.6 Å². The van der Waals surface area contributed by atoms with Gasteiger partial charge in [-0.25, -0.2) is 0 Å². The van der Waals surface area contributed by atoms with E-state index in [1.165, 1.54) is 13.0 Å². The maximum absolute atomic E-state index is 11.3. The van der Waals surface area contributed by atoms with Crippen molar-refractivity contribution in [2.45, 2.75) is 19.1 Å². The molecule has 0 spiro atoms. The molecule has 2 aromatic carbocycles. The molecule has 0 heterocycles. The molecule has 0 saturated carbocycles. The summed E-state index contributed by atoms with van der Waals surface area (Å²) < 4.78 is 4.96. The number of benzene rings is 2. The predicted molar refractivity (Wildman–Crippen MR) is 93.9 cm³/mol. The summed E-state index contributed by atoms with van der Waals surface area (Å²) in [5.41, 5.74) is 1.63. The highest BCUT2D eigenvalue weighted by Crippen LogP contribution is 2.24. The zero-order valence-corrected chi connectivity index (χ0v) is 13.4. The molecule has 4 heteroatoms. The highest BCUT2D eigenvalue weighted by molar-refractivity contribution is 5.67. The summed E-state index contributed by atoms with van der Waals surface area (Å²) in [6, 6.07) is 18.5. The molecule has 0 aliphatic heterocycles. The number of aliphatic hydroxyl groups excluding tert-OH is 1. The van der Waals surface area contributed by atoms with Crippen LogP contribution in [0.25, 0.3) is 12.2 Å². The number of rotatable bonds is 6. The quantitative estimate of drug-likeness (QED) is 0.480. The van der Waals surface area contributed by atoms with Crippen LogP contribution in [0, 0.1) is 0 Å². The first-order chi connectivity index (χ1) is 11.5. The van der Waals surface area contributed by atoms with E-state index in [1.54, 1.807) is 36.4 Å². The minimum atomic E-state index is -2.10. The second-order valence-corrected chi connectivity index (χ2v) is 5.34. The van der Waals surface area contributed by atoms with Crippen LogP contribution in [0.5, 0.6) is 0 Å². The van der Waals surface area contributed by atoms with Crippen LogP contribution < -0.4 is 0 Å². The second kappa shape index (κ2) is 8.13. The SMILES string of the molecule is CC(=O)OC(O)(CC=Cc1ccccc1)C(O)=Cc1ccccc1. The summed E-state index contributed by atoms with van der Waals surface area (Å²) in [7, 11) is 0. The van der Waals surface area contributed by atoms with E-state index in [4.69, 9.17) is 4.74 Å². The molecule has 1 atom stereocenters. The van der Waals surface area contributed by atoms with Crippen molar-refractivity contribution in [1.29, 1.82) is 0 Å². The average molecular weight is 324 g/mol. The topological polar surface area (TPSA) is 66.8 Å². The van der Waals surface area contributed by atoms with E-state index in [0.717, 1.165) is 5.56 Å². The molecule has 0 radical (unpaired) electrons. The van der Waals surface area contributed by atoms with Crippen molar-refractivity contribution in [3.8, 4) is 0 Å². The van der Waals surface area contributed by atoms with Crippen molar-refractivity contribution in [2.24, 2.45) is 0 Å². The third-order valence-electron chi connectivity index (χ3n) is 3.32. The summed E-state index contributed by atoms with van der Waals surface area (Å²) in [5, 5.41) is 20.8. The molecule has 0 aromatic heterocycles. The van der Waals surface area contributed by atoms with E-state index in [2.05, 4.69) is 0 Å². The number of hydrogen-bond acceptors (Lipinski definition) is 4. The lowest BCUT2D eigenvalue weighted by atomic mass is 10.1. The lowest BCUT2D eigenvalue weighted by Crippen LogP contribution is -2.36. The van der Waals surface area contributed by atoms with Crippen LogP contribution in [0.1, 0.15) is 24.5 Å². The second-order valence-electron chi connectivity index (χ2n) is 5.34. The molecule has 24 heavy (non-hydrogen) atoms. The summed E-state index contributed by atoms with van der Waals surface area (Å²) in [4.78, 5) is 11.3. The van der Waals surface area contributed by atoms with Gasteiger partial charge in [-0.2, -0.15) is 0 Å². The third kappa shape index (κ3) is 5.11. The van der Waals surface area contributed by atoms with Crippen molar-refractivity contribution < 1.29 is 19.7 Å². The Hall–Kier alpha value is -2.85. The van der Waals surface area contributed by atoms with E-state index < -0.39 is 17.5 Å². The number of carbonyl (C=O) groups excluding carboxylic acids is 1. The minimum absolute atomic E-state index is 0.0728. The van der Waals surface area contributed by atoms with E-state index in [9.17, 15) is 15.0 Å². The van der Waals surface area contributed by atoms with E-state index in [0.29, 0.717) is 5.56 Å². The van der Waals surface area contributed by atoms with Gasteiger partial charge in [0.05, 0.1) is 0 Å². The molecule has 0 aliphatic rings. The number of hydrogen-bond donors (Lipinski definition) is 2. The highest BCUT2D eigenvalue weighted by Gasteiger charge is 2.34. The molecule has 0 fully saturated rings. The van der Waals surface area contributed by atoms with Gasteiger partial charge >= 0.3 is 5.97 Å². The van der Waals surface area contributed by atoms with E-state index >= 15 is 0 Å². The Kier molecular flexibility index (Phi) is 5.93. The van der Waals surface area contributed by atoms with Crippen LogP contribution in [-0.2, 0) is 9.53 Å². The van der Waals surface area contributed by atoms with Crippen molar-refractivity contribution in [1.82, 2.24) is 0 Å². The van der Waals surface area contributed by atoms with Gasteiger partial charge in [-0.15, -0.1) is 0 Å². The fourth-order valence-corrected chi connectivity index (χ4v) is 2.18. The zero-order chi connectivity index (χ0) is 17.4. The van der Waals surface area contributed by atoms with Gasteiger partial charge in [-0.1, -0.05) is 72.8 Å². The summed E-state index contributed by atoms with van der Waals surface area (Å²) >= 11 is 0. The Morgan fingerprint density at radius 3 is 2.12 bits per heavy atom. The molecular weight excluding hydrogens is 304 g/mol.